The van der Waals surface area contributed by atoms with E-state index in [1.54, 1.807) is 10.9 Å². The highest BCUT2D eigenvalue weighted by molar-refractivity contribution is 6.42. The summed E-state index contributed by atoms with van der Waals surface area (Å²) < 4.78 is 0. The van der Waals surface area contributed by atoms with E-state index >= 15 is 0 Å². The van der Waals surface area contributed by atoms with Crippen LogP contribution in [-0.2, 0) is 13.1 Å². The minimum absolute atomic E-state index is 0.0814. The van der Waals surface area contributed by atoms with Gasteiger partial charge < -0.3 is 10.4 Å². The number of aliphatic hydroxyl groups excluding tert-OH is 1. The van der Waals surface area contributed by atoms with Gasteiger partial charge in [0.05, 0.1) is 23.2 Å². The van der Waals surface area contributed by atoms with E-state index in [-0.39, 0.29) is 6.61 Å². The van der Waals surface area contributed by atoms with Gasteiger partial charge in [-0.3, -0.25) is 0 Å². The van der Waals surface area contributed by atoms with Gasteiger partial charge in [-0.05, 0) is 17.7 Å². The molecule has 1 aromatic heterocycles. The first-order chi connectivity index (χ1) is 12.2. The van der Waals surface area contributed by atoms with Gasteiger partial charge in [0.2, 0.25) is 0 Å². The van der Waals surface area contributed by atoms with Gasteiger partial charge in [-0.1, -0.05) is 59.6 Å². The molecular weight excluding hydrogens is 359 g/mol. The van der Waals surface area contributed by atoms with E-state index in [0.717, 1.165) is 22.5 Å². The standard InChI is InChI=1S/C18H18Cl2N4O/c19-15-7-6-13(10-16(15)20)12-24-22-17(11-21-8-9-25)18(23-24)14-4-2-1-3-5-14/h1-7,10,21,25H,8-9,11-12H2. The van der Waals surface area contributed by atoms with Gasteiger partial charge in [0.1, 0.15) is 11.4 Å². The maximum absolute atomic E-state index is 8.95. The highest BCUT2D eigenvalue weighted by Crippen LogP contribution is 2.24. The molecular formula is C18H18Cl2N4O. The molecule has 0 amide bonds. The van der Waals surface area contributed by atoms with Gasteiger partial charge in [-0.15, -0.1) is 0 Å². The van der Waals surface area contributed by atoms with Gasteiger partial charge in [0.15, 0.2) is 0 Å². The second kappa shape index (κ2) is 8.45. The first kappa shape index (κ1) is 17.9. The summed E-state index contributed by atoms with van der Waals surface area (Å²) in [5.74, 6) is 0. The molecule has 0 unspecified atom stereocenters. The number of hydrogen-bond acceptors (Lipinski definition) is 4. The van der Waals surface area contributed by atoms with Crippen molar-refractivity contribution in [2.24, 2.45) is 0 Å². The molecule has 0 atom stereocenters. The molecule has 7 heteroatoms. The second-order valence-electron chi connectivity index (χ2n) is 5.54. The van der Waals surface area contributed by atoms with Crippen molar-refractivity contribution in [3.05, 3.63) is 69.8 Å². The Morgan fingerprint density at radius 1 is 1.00 bits per heavy atom. The van der Waals surface area contributed by atoms with Crippen LogP contribution < -0.4 is 5.32 Å². The van der Waals surface area contributed by atoms with Crippen LogP contribution in [0.1, 0.15) is 11.3 Å². The van der Waals surface area contributed by atoms with Crippen molar-refractivity contribution in [3.63, 3.8) is 0 Å². The van der Waals surface area contributed by atoms with E-state index in [4.69, 9.17) is 28.3 Å². The summed E-state index contributed by atoms with van der Waals surface area (Å²) >= 11 is 12.0. The predicted octanol–water partition coefficient (Wildman–Crippen LogP) is 3.38. The zero-order valence-corrected chi connectivity index (χ0v) is 15.0. The highest BCUT2D eigenvalue weighted by Gasteiger charge is 2.13. The number of benzene rings is 2. The van der Waals surface area contributed by atoms with Gasteiger partial charge in [0.25, 0.3) is 0 Å². The molecule has 0 aliphatic heterocycles. The highest BCUT2D eigenvalue weighted by atomic mass is 35.5. The molecule has 0 radical (unpaired) electrons. The molecule has 0 aliphatic carbocycles. The fraction of sp³-hybridized carbons (Fsp3) is 0.222. The Morgan fingerprint density at radius 3 is 2.52 bits per heavy atom. The van der Waals surface area contributed by atoms with Crippen molar-refractivity contribution < 1.29 is 5.11 Å². The Hall–Kier alpha value is -1.92. The van der Waals surface area contributed by atoms with Crippen molar-refractivity contribution in [2.75, 3.05) is 13.2 Å². The molecule has 3 aromatic rings. The van der Waals surface area contributed by atoms with E-state index < -0.39 is 0 Å². The molecule has 0 fully saturated rings. The van der Waals surface area contributed by atoms with Gasteiger partial charge in [-0.25, -0.2) is 0 Å². The fourth-order valence-electron chi connectivity index (χ4n) is 2.48. The van der Waals surface area contributed by atoms with Crippen LogP contribution in [0.3, 0.4) is 0 Å². The molecule has 130 valence electrons. The van der Waals surface area contributed by atoms with Crippen LogP contribution in [0.15, 0.2) is 48.5 Å². The van der Waals surface area contributed by atoms with Gasteiger partial charge >= 0.3 is 0 Å². The lowest BCUT2D eigenvalue weighted by atomic mass is 10.1. The number of halogens is 2. The molecule has 0 spiro atoms. The van der Waals surface area contributed by atoms with Gasteiger partial charge in [-0.2, -0.15) is 15.0 Å². The van der Waals surface area contributed by atoms with Crippen LogP contribution in [0.4, 0.5) is 0 Å². The predicted molar refractivity (Wildman–Crippen MR) is 99.8 cm³/mol. The smallest absolute Gasteiger partial charge is 0.117 e. The third-order valence-electron chi connectivity index (χ3n) is 3.66. The zero-order valence-electron chi connectivity index (χ0n) is 13.5. The van der Waals surface area contributed by atoms with E-state index in [1.807, 2.05) is 42.5 Å². The van der Waals surface area contributed by atoms with Crippen molar-refractivity contribution in [2.45, 2.75) is 13.1 Å². The van der Waals surface area contributed by atoms with Gasteiger partial charge in [0, 0.05) is 18.7 Å². The SMILES string of the molecule is OCCNCc1nn(Cc2ccc(Cl)c(Cl)c2)nc1-c1ccccc1. The summed E-state index contributed by atoms with van der Waals surface area (Å²) in [6, 6.07) is 15.4. The maximum atomic E-state index is 8.95. The summed E-state index contributed by atoms with van der Waals surface area (Å²) in [5, 5.41) is 22.4. The molecule has 0 saturated carbocycles. The van der Waals surface area contributed by atoms with Crippen LogP contribution in [0.2, 0.25) is 10.0 Å². The third kappa shape index (κ3) is 4.58. The summed E-state index contributed by atoms with van der Waals surface area (Å²) in [6.45, 7) is 1.62. The molecule has 0 aliphatic rings. The van der Waals surface area contributed by atoms with Crippen molar-refractivity contribution in [1.82, 2.24) is 20.3 Å². The van der Waals surface area contributed by atoms with Crippen LogP contribution in [0.25, 0.3) is 11.3 Å². The third-order valence-corrected chi connectivity index (χ3v) is 4.40. The lowest BCUT2D eigenvalue weighted by molar-refractivity contribution is 0.291. The van der Waals surface area contributed by atoms with E-state index in [2.05, 4.69) is 15.5 Å². The van der Waals surface area contributed by atoms with Crippen LogP contribution >= 0.6 is 23.2 Å². The first-order valence-corrected chi connectivity index (χ1v) is 8.68. The average molecular weight is 377 g/mol. The summed E-state index contributed by atoms with van der Waals surface area (Å²) in [5.41, 5.74) is 3.63. The number of hydrogen-bond donors (Lipinski definition) is 2. The number of nitrogens with one attached hydrogen (secondary N) is 1. The van der Waals surface area contributed by atoms with E-state index in [1.165, 1.54) is 0 Å². The monoisotopic (exact) mass is 376 g/mol. The molecule has 3 rings (SSSR count). The van der Waals surface area contributed by atoms with E-state index in [9.17, 15) is 0 Å². The Balaban J connectivity index is 1.88. The largest absolute Gasteiger partial charge is 0.395 e. The Kier molecular flexibility index (Phi) is 6.04. The quantitative estimate of drug-likeness (QED) is 0.620. The molecule has 1 heterocycles. The normalized spacial score (nSPS) is 11.0. The number of aliphatic hydroxyl groups is 1. The Morgan fingerprint density at radius 2 is 1.80 bits per heavy atom. The second-order valence-corrected chi connectivity index (χ2v) is 6.35. The minimum Gasteiger partial charge on any atom is -0.395 e. The summed E-state index contributed by atoms with van der Waals surface area (Å²) in [6.07, 6.45) is 0. The maximum Gasteiger partial charge on any atom is 0.117 e. The van der Waals surface area contributed by atoms with Crippen molar-refractivity contribution in [1.29, 1.82) is 0 Å². The number of aromatic nitrogens is 3. The van der Waals surface area contributed by atoms with Crippen LogP contribution in [-0.4, -0.2) is 33.3 Å². The summed E-state index contributed by atoms with van der Waals surface area (Å²) in [7, 11) is 0. The topological polar surface area (TPSA) is 63.0 Å². The molecule has 0 bridgehead atoms. The number of rotatable bonds is 7. The van der Waals surface area contributed by atoms with Crippen LogP contribution in [0.5, 0.6) is 0 Å². The van der Waals surface area contributed by atoms with E-state index in [0.29, 0.717) is 29.7 Å². The first-order valence-electron chi connectivity index (χ1n) is 7.92. The minimum atomic E-state index is 0.0814. The molecule has 5 nitrogen and oxygen atoms in total. The zero-order chi connectivity index (χ0) is 17.6. The number of nitrogens with zero attached hydrogens (tertiary/aromatic N) is 3. The molecule has 25 heavy (non-hydrogen) atoms. The molecule has 2 N–H and O–H groups in total. The van der Waals surface area contributed by atoms with Crippen molar-refractivity contribution in [3.8, 4) is 11.3 Å². The lowest BCUT2D eigenvalue weighted by Crippen LogP contribution is -2.18. The average Bonchev–Trinajstić information content (AvgIpc) is 3.02. The Labute approximate surface area is 156 Å². The molecule has 0 saturated heterocycles. The lowest BCUT2D eigenvalue weighted by Gasteiger charge is -2.02. The molecule has 2 aromatic carbocycles. The summed E-state index contributed by atoms with van der Waals surface area (Å²) in [4.78, 5) is 1.65. The Bertz CT molecular complexity index is 836. The van der Waals surface area contributed by atoms with Crippen LogP contribution in [0, 0.1) is 0 Å². The fourth-order valence-corrected chi connectivity index (χ4v) is 2.80. The van der Waals surface area contributed by atoms with Crippen molar-refractivity contribution >= 4 is 23.2 Å².